The third kappa shape index (κ3) is 36.2. The van der Waals surface area contributed by atoms with Gasteiger partial charge in [0.05, 0.1) is 6.61 Å². The van der Waals surface area contributed by atoms with Gasteiger partial charge in [-0.15, -0.1) is 0 Å². The van der Waals surface area contributed by atoms with Crippen LogP contribution in [0.15, 0.2) is 72.9 Å². The molecule has 0 spiro atoms. The highest BCUT2D eigenvalue weighted by atomic mass is 16.6. The first-order valence-corrected chi connectivity index (χ1v) is 19.5. The van der Waals surface area contributed by atoms with E-state index < -0.39 is 6.10 Å². The zero-order valence-corrected chi connectivity index (χ0v) is 31.0. The van der Waals surface area contributed by atoms with Gasteiger partial charge in [0.2, 0.25) is 0 Å². The highest BCUT2D eigenvalue weighted by Gasteiger charge is 2.16. The number of carbonyl (C=O) groups is 2. The van der Waals surface area contributed by atoms with Gasteiger partial charge in [0.1, 0.15) is 6.61 Å². The second-order valence-electron chi connectivity index (χ2n) is 12.6. The summed E-state index contributed by atoms with van der Waals surface area (Å²) in [5.74, 6) is -0.629. The van der Waals surface area contributed by atoms with E-state index in [9.17, 15) is 14.7 Å². The standard InChI is InChI=1S/C43H72O5/c1-3-5-7-9-11-13-15-17-19-20-21-22-24-26-28-30-32-34-36-38-43(46)48-41(39-44)40-47-42(45)37-35-33-31-29-27-25-23-18-16-14-12-10-8-6-4-2/h5,7,11-14,17-19,21-23,41,44H,3-4,6,8-10,15-16,20,24-40H2,1-2H3/b7-5-,13-11-,14-12-,19-17-,22-21-,23-18-. The Hall–Kier alpha value is -2.66. The van der Waals surface area contributed by atoms with Crippen molar-refractivity contribution < 1.29 is 24.2 Å². The van der Waals surface area contributed by atoms with Gasteiger partial charge < -0.3 is 14.6 Å². The molecule has 0 fully saturated rings. The number of carbonyl (C=O) groups excluding carboxylic acids is 2. The van der Waals surface area contributed by atoms with Gasteiger partial charge in [0.25, 0.3) is 0 Å². The van der Waals surface area contributed by atoms with Crippen LogP contribution in [0.2, 0.25) is 0 Å². The van der Waals surface area contributed by atoms with E-state index in [2.05, 4.69) is 86.8 Å². The van der Waals surface area contributed by atoms with E-state index in [1.54, 1.807) is 0 Å². The van der Waals surface area contributed by atoms with Gasteiger partial charge in [-0.25, -0.2) is 0 Å². The lowest BCUT2D eigenvalue weighted by Crippen LogP contribution is -2.28. The van der Waals surface area contributed by atoms with Crippen molar-refractivity contribution in [3.63, 3.8) is 0 Å². The molecule has 0 radical (unpaired) electrons. The van der Waals surface area contributed by atoms with Gasteiger partial charge in [-0.2, -0.15) is 0 Å². The lowest BCUT2D eigenvalue weighted by Gasteiger charge is -2.15. The Kier molecular flexibility index (Phi) is 36.6. The summed E-state index contributed by atoms with van der Waals surface area (Å²) in [5.41, 5.74) is 0. The SMILES string of the molecule is CC/C=C\C/C=C\C/C=C\C/C=C\CCCCCCCCC(=O)OC(CO)COC(=O)CCCCCCC/C=C\C/C=C\CCCCC. The van der Waals surface area contributed by atoms with Gasteiger partial charge in [-0.1, -0.05) is 145 Å². The average Bonchev–Trinajstić information content (AvgIpc) is 3.09. The normalized spacial score (nSPS) is 13.0. The molecular weight excluding hydrogens is 596 g/mol. The maximum absolute atomic E-state index is 12.2. The highest BCUT2D eigenvalue weighted by Crippen LogP contribution is 2.12. The molecule has 0 saturated heterocycles. The number of ether oxygens (including phenoxy) is 2. The molecule has 1 N–H and O–H groups in total. The minimum atomic E-state index is -0.788. The van der Waals surface area contributed by atoms with Gasteiger partial charge in [-0.3, -0.25) is 9.59 Å². The zero-order valence-electron chi connectivity index (χ0n) is 31.0. The molecule has 1 atom stereocenters. The summed E-state index contributed by atoms with van der Waals surface area (Å²) >= 11 is 0. The van der Waals surface area contributed by atoms with Crippen molar-refractivity contribution in [2.45, 2.75) is 174 Å². The van der Waals surface area contributed by atoms with Crippen LogP contribution in [0.4, 0.5) is 0 Å². The van der Waals surface area contributed by atoms with E-state index in [1.807, 2.05) is 0 Å². The molecule has 0 amide bonds. The molecule has 0 aromatic carbocycles. The molecule has 0 bridgehead atoms. The van der Waals surface area contributed by atoms with Crippen molar-refractivity contribution in [1.29, 1.82) is 0 Å². The Morgan fingerprint density at radius 1 is 0.500 bits per heavy atom. The number of allylic oxidation sites excluding steroid dienone is 12. The Morgan fingerprint density at radius 2 is 0.896 bits per heavy atom. The summed E-state index contributed by atoms with van der Waals surface area (Å²) in [4.78, 5) is 24.2. The predicted octanol–water partition coefficient (Wildman–Crippen LogP) is 12.2. The van der Waals surface area contributed by atoms with Crippen molar-refractivity contribution in [2.75, 3.05) is 13.2 Å². The van der Waals surface area contributed by atoms with Crippen LogP contribution >= 0.6 is 0 Å². The summed E-state index contributed by atoms with van der Waals surface area (Å²) in [7, 11) is 0. The molecule has 5 nitrogen and oxygen atoms in total. The van der Waals surface area contributed by atoms with Crippen molar-refractivity contribution in [3.8, 4) is 0 Å². The van der Waals surface area contributed by atoms with Crippen LogP contribution in [-0.2, 0) is 19.1 Å². The van der Waals surface area contributed by atoms with E-state index in [0.29, 0.717) is 12.8 Å². The maximum atomic E-state index is 12.2. The molecule has 1 unspecified atom stereocenters. The zero-order chi connectivity index (χ0) is 35.0. The van der Waals surface area contributed by atoms with Crippen LogP contribution in [0.3, 0.4) is 0 Å². The van der Waals surface area contributed by atoms with E-state index >= 15 is 0 Å². The van der Waals surface area contributed by atoms with Gasteiger partial charge >= 0.3 is 11.9 Å². The molecule has 0 aromatic heterocycles. The number of aliphatic hydroxyl groups is 1. The molecule has 0 saturated carbocycles. The summed E-state index contributed by atoms with van der Waals surface area (Å²) in [6.45, 7) is 3.96. The fourth-order valence-electron chi connectivity index (χ4n) is 5.04. The van der Waals surface area contributed by atoms with Crippen molar-refractivity contribution in [3.05, 3.63) is 72.9 Å². The van der Waals surface area contributed by atoms with Crippen LogP contribution in [0.25, 0.3) is 0 Å². The first kappa shape index (κ1) is 45.3. The van der Waals surface area contributed by atoms with Crippen LogP contribution in [0.5, 0.6) is 0 Å². The van der Waals surface area contributed by atoms with Crippen LogP contribution in [0, 0.1) is 0 Å². The summed E-state index contributed by atoms with van der Waals surface area (Å²) in [6, 6.07) is 0. The third-order valence-corrected chi connectivity index (χ3v) is 7.98. The monoisotopic (exact) mass is 669 g/mol. The first-order chi connectivity index (χ1) is 23.6. The minimum absolute atomic E-state index is 0.0827. The van der Waals surface area contributed by atoms with Gasteiger partial charge in [0.15, 0.2) is 6.10 Å². The molecule has 0 heterocycles. The number of unbranched alkanes of at least 4 members (excludes halogenated alkanes) is 14. The number of hydrogen-bond acceptors (Lipinski definition) is 5. The first-order valence-electron chi connectivity index (χ1n) is 19.5. The number of esters is 2. The lowest BCUT2D eigenvalue weighted by atomic mass is 10.1. The van der Waals surface area contributed by atoms with Crippen LogP contribution in [0.1, 0.15) is 168 Å². The van der Waals surface area contributed by atoms with Gasteiger partial charge in [0, 0.05) is 12.8 Å². The van der Waals surface area contributed by atoms with E-state index in [0.717, 1.165) is 83.5 Å². The summed E-state index contributed by atoms with van der Waals surface area (Å²) in [6.07, 6.45) is 51.0. The molecule has 5 heteroatoms. The summed E-state index contributed by atoms with van der Waals surface area (Å²) < 4.78 is 10.6. The Bertz CT molecular complexity index is 895. The van der Waals surface area contributed by atoms with E-state index in [1.165, 1.54) is 57.8 Å². The Morgan fingerprint density at radius 3 is 1.35 bits per heavy atom. The predicted molar refractivity (Wildman–Crippen MR) is 205 cm³/mol. The fraction of sp³-hybridized carbons (Fsp3) is 0.674. The number of hydrogen-bond donors (Lipinski definition) is 1. The molecule has 274 valence electrons. The third-order valence-electron chi connectivity index (χ3n) is 7.98. The second kappa shape index (κ2) is 38.8. The van der Waals surface area contributed by atoms with Crippen LogP contribution in [-0.4, -0.2) is 36.4 Å². The maximum Gasteiger partial charge on any atom is 0.306 e. The fourth-order valence-corrected chi connectivity index (χ4v) is 5.04. The minimum Gasteiger partial charge on any atom is -0.462 e. The molecule has 0 aromatic rings. The molecule has 0 rings (SSSR count). The molecule has 0 aliphatic heterocycles. The molecular formula is C43H72O5. The number of rotatable bonds is 34. The topological polar surface area (TPSA) is 72.8 Å². The van der Waals surface area contributed by atoms with Gasteiger partial charge in [-0.05, 0) is 83.5 Å². The van der Waals surface area contributed by atoms with Crippen molar-refractivity contribution in [1.82, 2.24) is 0 Å². The van der Waals surface area contributed by atoms with Crippen molar-refractivity contribution in [2.24, 2.45) is 0 Å². The highest BCUT2D eigenvalue weighted by molar-refractivity contribution is 5.70. The van der Waals surface area contributed by atoms with Crippen LogP contribution < -0.4 is 0 Å². The molecule has 0 aliphatic rings. The second-order valence-corrected chi connectivity index (χ2v) is 12.6. The molecule has 0 aliphatic carbocycles. The summed E-state index contributed by atoms with van der Waals surface area (Å²) in [5, 5.41) is 9.55. The Labute approximate surface area is 295 Å². The average molecular weight is 669 g/mol. The van der Waals surface area contributed by atoms with E-state index in [4.69, 9.17) is 9.47 Å². The molecule has 48 heavy (non-hydrogen) atoms. The lowest BCUT2D eigenvalue weighted by molar-refractivity contribution is -0.161. The quantitative estimate of drug-likeness (QED) is 0.0420. The van der Waals surface area contributed by atoms with Crippen molar-refractivity contribution >= 4 is 11.9 Å². The largest absolute Gasteiger partial charge is 0.462 e. The smallest absolute Gasteiger partial charge is 0.306 e. The Balaban J connectivity index is 3.64. The van der Waals surface area contributed by atoms with E-state index in [-0.39, 0.29) is 25.2 Å². The number of aliphatic hydroxyl groups excluding tert-OH is 1.